The highest BCUT2D eigenvalue weighted by atomic mass is 32.2. The van der Waals surface area contributed by atoms with Gasteiger partial charge in [0, 0.05) is 11.8 Å². The normalized spacial score (nSPS) is 24.3. The lowest BCUT2D eigenvalue weighted by Gasteiger charge is -2.18. The van der Waals surface area contributed by atoms with Crippen molar-refractivity contribution < 1.29 is 9.53 Å². The van der Waals surface area contributed by atoms with Crippen molar-refractivity contribution in [2.75, 3.05) is 18.6 Å². The lowest BCUT2D eigenvalue weighted by Crippen LogP contribution is -2.43. The van der Waals surface area contributed by atoms with Crippen LogP contribution in [-0.2, 0) is 9.53 Å². The predicted molar refractivity (Wildman–Crippen MR) is 55.0 cm³/mol. The molecule has 0 bridgehead atoms. The molecule has 13 heavy (non-hydrogen) atoms. The van der Waals surface area contributed by atoms with Crippen molar-refractivity contribution in [3.8, 4) is 0 Å². The molecular weight excluding hydrogens is 186 g/mol. The Hall–Kier alpha value is -0.220. The van der Waals surface area contributed by atoms with Gasteiger partial charge in [-0.25, -0.2) is 0 Å². The minimum absolute atomic E-state index is 0.117. The zero-order valence-corrected chi connectivity index (χ0v) is 9.02. The zero-order valence-electron chi connectivity index (χ0n) is 8.21. The summed E-state index contributed by atoms with van der Waals surface area (Å²) in [6.07, 6.45) is 1.96. The monoisotopic (exact) mass is 203 g/mol. The first-order valence-electron chi connectivity index (χ1n) is 4.69. The number of esters is 1. The standard InChI is InChI=1S/C9H17NO2S/c1-3-8(9(11)12-2)10-7-4-5-13-6-7/h7-8,10H,3-6H2,1-2H3. The molecule has 1 rings (SSSR count). The highest BCUT2D eigenvalue weighted by Crippen LogP contribution is 2.17. The second kappa shape index (κ2) is 5.50. The van der Waals surface area contributed by atoms with Crippen LogP contribution in [0, 0.1) is 0 Å². The fourth-order valence-corrected chi connectivity index (χ4v) is 2.61. The molecule has 1 saturated heterocycles. The molecule has 0 aliphatic carbocycles. The number of carbonyl (C=O) groups excluding carboxylic acids is 1. The van der Waals surface area contributed by atoms with Crippen LogP contribution in [0.2, 0.25) is 0 Å². The predicted octanol–water partition coefficient (Wildman–Crippen LogP) is 1.03. The van der Waals surface area contributed by atoms with Crippen molar-refractivity contribution in [2.24, 2.45) is 0 Å². The molecular formula is C9H17NO2S. The van der Waals surface area contributed by atoms with Crippen LogP contribution in [0.4, 0.5) is 0 Å². The number of methoxy groups -OCH3 is 1. The summed E-state index contributed by atoms with van der Waals surface area (Å²) in [5.41, 5.74) is 0. The van der Waals surface area contributed by atoms with E-state index in [2.05, 4.69) is 5.32 Å². The SMILES string of the molecule is CCC(NC1CCSC1)C(=O)OC. The third kappa shape index (κ3) is 3.19. The molecule has 1 aliphatic heterocycles. The first-order chi connectivity index (χ1) is 6.27. The van der Waals surface area contributed by atoms with Gasteiger partial charge in [0.15, 0.2) is 0 Å². The third-order valence-electron chi connectivity index (χ3n) is 2.26. The Bertz CT molecular complexity index is 169. The maximum atomic E-state index is 11.2. The van der Waals surface area contributed by atoms with Crippen molar-refractivity contribution in [3.63, 3.8) is 0 Å². The molecule has 2 atom stereocenters. The molecule has 0 saturated carbocycles. The number of ether oxygens (including phenoxy) is 1. The van der Waals surface area contributed by atoms with Gasteiger partial charge in [-0.15, -0.1) is 0 Å². The average molecular weight is 203 g/mol. The van der Waals surface area contributed by atoms with E-state index in [0.717, 1.165) is 18.6 Å². The van der Waals surface area contributed by atoms with E-state index in [1.165, 1.54) is 12.9 Å². The van der Waals surface area contributed by atoms with Gasteiger partial charge >= 0.3 is 5.97 Å². The van der Waals surface area contributed by atoms with Crippen molar-refractivity contribution in [3.05, 3.63) is 0 Å². The number of thioether (sulfide) groups is 1. The molecule has 0 aromatic carbocycles. The van der Waals surface area contributed by atoms with E-state index in [9.17, 15) is 4.79 Å². The van der Waals surface area contributed by atoms with Crippen molar-refractivity contribution >= 4 is 17.7 Å². The number of nitrogens with one attached hydrogen (secondary N) is 1. The lowest BCUT2D eigenvalue weighted by molar-refractivity contribution is -0.143. The summed E-state index contributed by atoms with van der Waals surface area (Å²) in [5.74, 6) is 2.18. The molecule has 0 aromatic heterocycles. The number of hydrogen-bond donors (Lipinski definition) is 1. The second-order valence-electron chi connectivity index (χ2n) is 3.21. The molecule has 2 unspecified atom stereocenters. The maximum Gasteiger partial charge on any atom is 0.322 e. The van der Waals surface area contributed by atoms with Crippen LogP contribution in [0.3, 0.4) is 0 Å². The van der Waals surface area contributed by atoms with E-state index in [-0.39, 0.29) is 12.0 Å². The summed E-state index contributed by atoms with van der Waals surface area (Å²) in [7, 11) is 1.44. The van der Waals surface area contributed by atoms with Gasteiger partial charge < -0.3 is 10.1 Å². The summed E-state index contributed by atoms with van der Waals surface area (Å²) < 4.78 is 4.71. The summed E-state index contributed by atoms with van der Waals surface area (Å²) in [6.45, 7) is 2.00. The lowest BCUT2D eigenvalue weighted by atomic mass is 10.2. The van der Waals surface area contributed by atoms with Gasteiger partial charge in [0.05, 0.1) is 7.11 Å². The van der Waals surface area contributed by atoms with Gasteiger partial charge in [0.2, 0.25) is 0 Å². The minimum atomic E-state index is -0.139. The Kier molecular flexibility index (Phi) is 4.59. The molecule has 0 aromatic rings. The van der Waals surface area contributed by atoms with Crippen molar-refractivity contribution in [1.82, 2.24) is 5.32 Å². The second-order valence-corrected chi connectivity index (χ2v) is 4.36. The first-order valence-corrected chi connectivity index (χ1v) is 5.85. The summed E-state index contributed by atoms with van der Waals surface area (Å²) in [4.78, 5) is 11.2. The van der Waals surface area contributed by atoms with Crippen molar-refractivity contribution in [2.45, 2.75) is 31.8 Å². The smallest absolute Gasteiger partial charge is 0.322 e. The van der Waals surface area contributed by atoms with E-state index in [1.807, 2.05) is 18.7 Å². The van der Waals surface area contributed by atoms with Crippen LogP contribution < -0.4 is 5.32 Å². The first kappa shape index (κ1) is 10.9. The van der Waals surface area contributed by atoms with E-state index >= 15 is 0 Å². The fraction of sp³-hybridized carbons (Fsp3) is 0.889. The van der Waals surface area contributed by atoms with Gasteiger partial charge in [-0.3, -0.25) is 4.79 Å². The Labute approximate surface area is 83.6 Å². The van der Waals surface area contributed by atoms with Crippen LogP contribution in [-0.4, -0.2) is 36.7 Å². The van der Waals surface area contributed by atoms with Gasteiger partial charge in [-0.1, -0.05) is 6.92 Å². The third-order valence-corrected chi connectivity index (χ3v) is 3.42. The van der Waals surface area contributed by atoms with Gasteiger partial charge in [0.25, 0.3) is 0 Å². The summed E-state index contributed by atoms with van der Waals surface area (Å²) >= 11 is 1.94. The Balaban J connectivity index is 2.33. The van der Waals surface area contributed by atoms with E-state index in [4.69, 9.17) is 4.74 Å². The molecule has 76 valence electrons. The molecule has 0 amide bonds. The number of carbonyl (C=O) groups is 1. The highest BCUT2D eigenvalue weighted by molar-refractivity contribution is 7.99. The Morgan fingerprint density at radius 3 is 3.00 bits per heavy atom. The van der Waals surface area contributed by atoms with Crippen LogP contribution in [0.25, 0.3) is 0 Å². The van der Waals surface area contributed by atoms with Crippen LogP contribution >= 0.6 is 11.8 Å². The largest absolute Gasteiger partial charge is 0.468 e. The average Bonchev–Trinajstić information content (AvgIpc) is 2.65. The molecule has 3 nitrogen and oxygen atoms in total. The van der Waals surface area contributed by atoms with E-state index < -0.39 is 0 Å². The van der Waals surface area contributed by atoms with Crippen LogP contribution in [0.15, 0.2) is 0 Å². The van der Waals surface area contributed by atoms with Gasteiger partial charge in [-0.2, -0.15) is 11.8 Å². The van der Waals surface area contributed by atoms with Gasteiger partial charge in [0.1, 0.15) is 6.04 Å². The topological polar surface area (TPSA) is 38.3 Å². The van der Waals surface area contributed by atoms with Crippen molar-refractivity contribution in [1.29, 1.82) is 0 Å². The van der Waals surface area contributed by atoms with E-state index in [1.54, 1.807) is 0 Å². The van der Waals surface area contributed by atoms with Crippen LogP contribution in [0.1, 0.15) is 19.8 Å². The fourth-order valence-electron chi connectivity index (χ4n) is 1.45. The molecule has 1 heterocycles. The quantitative estimate of drug-likeness (QED) is 0.693. The molecule has 1 fully saturated rings. The maximum absolute atomic E-state index is 11.2. The molecule has 4 heteroatoms. The minimum Gasteiger partial charge on any atom is -0.468 e. The van der Waals surface area contributed by atoms with Gasteiger partial charge in [-0.05, 0) is 18.6 Å². The number of hydrogen-bond acceptors (Lipinski definition) is 4. The summed E-state index contributed by atoms with van der Waals surface area (Å²) in [5, 5.41) is 3.32. The molecule has 1 aliphatic rings. The van der Waals surface area contributed by atoms with E-state index in [0.29, 0.717) is 6.04 Å². The zero-order chi connectivity index (χ0) is 9.68. The number of rotatable bonds is 4. The highest BCUT2D eigenvalue weighted by Gasteiger charge is 2.23. The molecule has 1 N–H and O–H groups in total. The summed E-state index contributed by atoms with van der Waals surface area (Å²) in [6, 6.07) is 0.378. The Morgan fingerprint density at radius 2 is 2.54 bits per heavy atom. The molecule has 0 radical (unpaired) electrons. The molecule has 0 spiro atoms. The van der Waals surface area contributed by atoms with Crippen LogP contribution in [0.5, 0.6) is 0 Å². The Morgan fingerprint density at radius 1 is 1.77 bits per heavy atom.